The SMILES string of the molecule is O=C(O)c1cccc(-c2cccc(N=Nc3c(=O)n(-c4ccccc4)c(O)c4ccccc34)c2O)c1. The number of para-hydroxylation sites is 2. The molecule has 5 rings (SSSR count). The van der Waals surface area contributed by atoms with E-state index in [0.29, 0.717) is 27.6 Å². The van der Waals surface area contributed by atoms with Crippen molar-refractivity contribution in [3.05, 3.63) is 113 Å². The molecular formula is C28H19N3O5. The van der Waals surface area contributed by atoms with Crippen molar-refractivity contribution in [1.29, 1.82) is 0 Å². The molecule has 0 saturated heterocycles. The van der Waals surface area contributed by atoms with Gasteiger partial charge in [0, 0.05) is 16.3 Å². The smallest absolute Gasteiger partial charge is 0.335 e. The number of nitrogens with zero attached hydrogens (tertiary/aromatic N) is 3. The van der Waals surface area contributed by atoms with Gasteiger partial charge in [0.2, 0.25) is 5.88 Å². The van der Waals surface area contributed by atoms with Crippen molar-refractivity contribution in [2.24, 2.45) is 10.2 Å². The first-order chi connectivity index (χ1) is 17.5. The molecule has 4 aromatic carbocycles. The van der Waals surface area contributed by atoms with Crippen LogP contribution in [0, 0.1) is 0 Å². The second kappa shape index (κ2) is 9.19. The number of azo groups is 1. The van der Waals surface area contributed by atoms with Crippen molar-refractivity contribution in [2.75, 3.05) is 0 Å². The van der Waals surface area contributed by atoms with Gasteiger partial charge in [-0.05, 0) is 42.0 Å². The number of fused-ring (bicyclic) bond motifs is 1. The molecule has 1 heterocycles. The number of carboxylic acid groups (broad SMARTS) is 1. The first kappa shape index (κ1) is 22.5. The van der Waals surface area contributed by atoms with E-state index in [-0.39, 0.29) is 28.6 Å². The Kier molecular flexibility index (Phi) is 5.75. The molecule has 3 N–H and O–H groups in total. The van der Waals surface area contributed by atoms with Crippen molar-refractivity contribution in [3.63, 3.8) is 0 Å². The quantitative estimate of drug-likeness (QED) is 0.261. The second-order valence-corrected chi connectivity index (χ2v) is 7.95. The number of phenols is 1. The van der Waals surface area contributed by atoms with Gasteiger partial charge in [0.15, 0.2) is 11.4 Å². The number of aromatic nitrogens is 1. The monoisotopic (exact) mass is 477 g/mol. The molecule has 0 amide bonds. The highest BCUT2D eigenvalue weighted by Gasteiger charge is 2.17. The van der Waals surface area contributed by atoms with Gasteiger partial charge in [0.25, 0.3) is 5.56 Å². The zero-order valence-corrected chi connectivity index (χ0v) is 18.7. The molecule has 0 saturated carbocycles. The minimum atomic E-state index is -1.08. The molecule has 0 radical (unpaired) electrons. The molecule has 36 heavy (non-hydrogen) atoms. The summed E-state index contributed by atoms with van der Waals surface area (Å²) in [5.74, 6) is -1.51. The molecule has 0 aliphatic carbocycles. The second-order valence-electron chi connectivity index (χ2n) is 7.95. The third kappa shape index (κ3) is 3.97. The molecular weight excluding hydrogens is 458 g/mol. The number of aromatic hydroxyl groups is 2. The van der Waals surface area contributed by atoms with Crippen molar-refractivity contribution in [1.82, 2.24) is 4.57 Å². The first-order valence-corrected chi connectivity index (χ1v) is 11.0. The van der Waals surface area contributed by atoms with Gasteiger partial charge in [0.1, 0.15) is 5.69 Å². The molecule has 8 nitrogen and oxygen atoms in total. The summed E-state index contributed by atoms with van der Waals surface area (Å²) in [5.41, 5.74) is 0.908. The lowest BCUT2D eigenvalue weighted by Gasteiger charge is -2.12. The van der Waals surface area contributed by atoms with E-state index in [9.17, 15) is 24.9 Å². The van der Waals surface area contributed by atoms with Gasteiger partial charge in [0.05, 0.1) is 11.3 Å². The van der Waals surface area contributed by atoms with Crippen LogP contribution >= 0.6 is 0 Å². The number of benzene rings is 4. The Hall–Kier alpha value is -5.24. The number of aromatic carboxylic acids is 1. The number of rotatable bonds is 5. The van der Waals surface area contributed by atoms with Crippen LogP contribution in [-0.2, 0) is 0 Å². The molecule has 0 bridgehead atoms. The Morgan fingerprint density at radius 3 is 2.19 bits per heavy atom. The summed E-state index contributed by atoms with van der Waals surface area (Å²) in [4.78, 5) is 24.8. The third-order valence-electron chi connectivity index (χ3n) is 5.75. The van der Waals surface area contributed by atoms with E-state index < -0.39 is 11.5 Å². The maximum atomic E-state index is 13.4. The van der Waals surface area contributed by atoms with Crippen LogP contribution in [0.1, 0.15) is 10.4 Å². The maximum Gasteiger partial charge on any atom is 0.335 e. The van der Waals surface area contributed by atoms with E-state index in [1.807, 2.05) is 0 Å². The zero-order valence-electron chi connectivity index (χ0n) is 18.7. The highest BCUT2D eigenvalue weighted by molar-refractivity contribution is 5.95. The largest absolute Gasteiger partial charge is 0.505 e. The van der Waals surface area contributed by atoms with Crippen LogP contribution in [0.5, 0.6) is 11.6 Å². The molecule has 5 aromatic rings. The maximum absolute atomic E-state index is 13.4. The highest BCUT2D eigenvalue weighted by atomic mass is 16.4. The summed E-state index contributed by atoms with van der Waals surface area (Å²) in [7, 11) is 0. The van der Waals surface area contributed by atoms with Crippen molar-refractivity contribution < 1.29 is 20.1 Å². The van der Waals surface area contributed by atoms with Crippen LogP contribution in [0.4, 0.5) is 11.4 Å². The van der Waals surface area contributed by atoms with Crippen LogP contribution in [-0.4, -0.2) is 25.9 Å². The van der Waals surface area contributed by atoms with Gasteiger partial charge in [-0.3, -0.25) is 4.79 Å². The summed E-state index contributed by atoms with van der Waals surface area (Å²) in [6.07, 6.45) is 0. The predicted molar refractivity (Wildman–Crippen MR) is 136 cm³/mol. The Bertz CT molecular complexity index is 1710. The zero-order chi connectivity index (χ0) is 25.2. The minimum absolute atomic E-state index is 0.00932. The molecule has 0 fully saturated rings. The Morgan fingerprint density at radius 2 is 1.44 bits per heavy atom. The topological polar surface area (TPSA) is 124 Å². The number of phenolic OH excluding ortho intramolecular Hbond substituents is 1. The minimum Gasteiger partial charge on any atom is -0.505 e. The van der Waals surface area contributed by atoms with E-state index in [1.54, 1.807) is 78.9 Å². The van der Waals surface area contributed by atoms with Crippen LogP contribution in [0.3, 0.4) is 0 Å². The third-order valence-corrected chi connectivity index (χ3v) is 5.75. The van der Waals surface area contributed by atoms with E-state index in [0.717, 1.165) is 4.57 Å². The van der Waals surface area contributed by atoms with Gasteiger partial charge >= 0.3 is 5.97 Å². The number of carbonyl (C=O) groups is 1. The lowest BCUT2D eigenvalue weighted by Crippen LogP contribution is -2.18. The van der Waals surface area contributed by atoms with E-state index in [4.69, 9.17) is 0 Å². The fourth-order valence-corrected chi connectivity index (χ4v) is 4.00. The molecule has 0 atom stereocenters. The van der Waals surface area contributed by atoms with Crippen LogP contribution in [0.2, 0.25) is 0 Å². The van der Waals surface area contributed by atoms with E-state index in [2.05, 4.69) is 10.2 Å². The molecule has 0 aliphatic rings. The lowest BCUT2D eigenvalue weighted by molar-refractivity contribution is 0.0697. The Morgan fingerprint density at radius 1 is 0.750 bits per heavy atom. The van der Waals surface area contributed by atoms with Crippen molar-refractivity contribution in [3.8, 4) is 28.4 Å². The first-order valence-electron chi connectivity index (χ1n) is 11.0. The van der Waals surface area contributed by atoms with Crippen LogP contribution in [0.25, 0.3) is 27.6 Å². The molecule has 1 aromatic heterocycles. The number of carboxylic acids is 1. The Labute approximate surface area is 204 Å². The van der Waals surface area contributed by atoms with Crippen LogP contribution < -0.4 is 5.56 Å². The number of pyridine rings is 1. The van der Waals surface area contributed by atoms with E-state index >= 15 is 0 Å². The Balaban J connectivity index is 1.65. The van der Waals surface area contributed by atoms with Gasteiger partial charge in [-0.1, -0.05) is 60.7 Å². The summed E-state index contributed by atoms with van der Waals surface area (Å²) in [5, 5.41) is 40.2. The van der Waals surface area contributed by atoms with Crippen molar-refractivity contribution >= 4 is 28.1 Å². The highest BCUT2D eigenvalue weighted by Crippen LogP contribution is 2.39. The number of hydrogen-bond acceptors (Lipinski definition) is 6. The molecule has 8 heteroatoms. The fraction of sp³-hybridized carbons (Fsp3) is 0. The summed E-state index contributed by atoms with van der Waals surface area (Å²) < 4.78 is 1.16. The van der Waals surface area contributed by atoms with Crippen molar-refractivity contribution in [2.45, 2.75) is 0 Å². The molecule has 176 valence electrons. The van der Waals surface area contributed by atoms with Gasteiger partial charge in [-0.15, -0.1) is 10.2 Å². The predicted octanol–water partition coefficient (Wildman–Crippen LogP) is 6.18. The normalized spacial score (nSPS) is 11.2. The van der Waals surface area contributed by atoms with Gasteiger partial charge < -0.3 is 15.3 Å². The summed E-state index contributed by atoms with van der Waals surface area (Å²) in [6.45, 7) is 0. The van der Waals surface area contributed by atoms with Gasteiger partial charge in [-0.25, -0.2) is 9.36 Å². The summed E-state index contributed by atoms with van der Waals surface area (Å²) in [6, 6.07) is 26.5. The molecule has 0 unspecified atom stereocenters. The standard InChI is InChI=1S/C28H19N3O5/c32-25-20(17-8-6-9-18(16-17)28(35)36)14-7-15-23(25)29-30-24-21-12-4-5-13-22(21)26(33)31(27(24)34)19-10-2-1-3-11-19/h1-16,32-33H,(H,35,36). The number of hydrogen-bond donors (Lipinski definition) is 3. The van der Waals surface area contributed by atoms with E-state index in [1.165, 1.54) is 18.2 Å². The van der Waals surface area contributed by atoms with Crippen LogP contribution in [0.15, 0.2) is 112 Å². The average Bonchev–Trinajstić information content (AvgIpc) is 2.90. The summed E-state index contributed by atoms with van der Waals surface area (Å²) >= 11 is 0. The average molecular weight is 477 g/mol. The molecule has 0 spiro atoms. The van der Waals surface area contributed by atoms with Gasteiger partial charge in [-0.2, -0.15) is 0 Å². The fourth-order valence-electron chi connectivity index (χ4n) is 4.00. The lowest BCUT2D eigenvalue weighted by atomic mass is 10.0. The molecule has 0 aliphatic heterocycles.